The Morgan fingerprint density at radius 3 is 2.65 bits per heavy atom. The zero-order valence-electron chi connectivity index (χ0n) is 15.1. The van der Waals surface area contributed by atoms with Crippen LogP contribution in [-0.2, 0) is 20.9 Å². The lowest BCUT2D eigenvalue weighted by Crippen LogP contribution is -2.39. The Kier molecular flexibility index (Phi) is 6.71. The lowest BCUT2D eigenvalue weighted by molar-refractivity contribution is -0.581. The van der Waals surface area contributed by atoms with Gasteiger partial charge in [-0.05, 0) is 25.5 Å². The number of hydrogen-bond acceptors (Lipinski definition) is 7. The minimum Gasteiger partial charge on any atom is -0.618 e. The van der Waals surface area contributed by atoms with E-state index in [2.05, 4.69) is 4.98 Å². The second kappa shape index (κ2) is 8.98. The molecule has 26 heavy (non-hydrogen) atoms. The first-order chi connectivity index (χ1) is 12.5. The summed E-state index contributed by atoms with van der Waals surface area (Å²) in [6.45, 7) is 3.42. The summed E-state index contributed by atoms with van der Waals surface area (Å²) < 4.78 is 15.7. The molecule has 8 nitrogen and oxygen atoms in total. The molecule has 0 amide bonds. The molecule has 0 N–H and O–H groups in total. The van der Waals surface area contributed by atoms with Crippen molar-refractivity contribution >= 4 is 23.0 Å². The molecule has 2 aromatic rings. The molecule has 2 rings (SSSR count). The fourth-order valence-electron chi connectivity index (χ4n) is 2.37. The van der Waals surface area contributed by atoms with Crippen LogP contribution >= 0.6 is 0 Å². The van der Waals surface area contributed by atoms with Gasteiger partial charge in [-0.2, -0.15) is 4.73 Å². The van der Waals surface area contributed by atoms with E-state index in [0.29, 0.717) is 22.4 Å². The van der Waals surface area contributed by atoms with Crippen molar-refractivity contribution in [3.63, 3.8) is 0 Å². The first kappa shape index (κ1) is 19.4. The van der Waals surface area contributed by atoms with Crippen LogP contribution in [0.3, 0.4) is 0 Å². The number of unbranched alkanes of at least 4 members (excludes halogenated alkanes) is 1. The maximum atomic E-state index is 12.7. The number of rotatable bonds is 8. The van der Waals surface area contributed by atoms with Gasteiger partial charge in [0, 0.05) is 6.42 Å². The second-order valence-corrected chi connectivity index (χ2v) is 5.54. The van der Waals surface area contributed by atoms with E-state index in [0.717, 1.165) is 6.42 Å². The molecule has 0 spiro atoms. The molecule has 140 valence electrons. The van der Waals surface area contributed by atoms with Gasteiger partial charge in [0.25, 0.3) is 0 Å². The third-order valence-corrected chi connectivity index (χ3v) is 3.71. The lowest BCUT2D eigenvalue weighted by Gasteiger charge is -2.12. The molecule has 0 aliphatic heterocycles. The molecule has 0 unspecified atom stereocenters. The monoisotopic (exact) mass is 362 g/mol. The smallest absolute Gasteiger partial charge is 0.407 e. The van der Waals surface area contributed by atoms with Crippen LogP contribution in [0.2, 0.25) is 0 Å². The third kappa shape index (κ3) is 4.38. The molecule has 0 atom stereocenters. The van der Waals surface area contributed by atoms with Gasteiger partial charge in [0.05, 0.1) is 19.8 Å². The Balaban J connectivity index is 2.44. The number of hydrogen-bond donors (Lipinski definition) is 0. The zero-order valence-corrected chi connectivity index (χ0v) is 15.1. The van der Waals surface area contributed by atoms with E-state index in [4.69, 9.17) is 14.2 Å². The van der Waals surface area contributed by atoms with E-state index in [-0.39, 0.29) is 36.5 Å². The Bertz CT molecular complexity index is 806. The van der Waals surface area contributed by atoms with E-state index in [9.17, 15) is 14.8 Å². The van der Waals surface area contributed by atoms with Gasteiger partial charge in [-0.25, -0.2) is 9.78 Å². The largest absolute Gasteiger partial charge is 0.618 e. The van der Waals surface area contributed by atoms with Crippen LogP contribution in [0.1, 0.15) is 49.3 Å². The van der Waals surface area contributed by atoms with Gasteiger partial charge in [0.2, 0.25) is 5.52 Å². The topological polar surface area (TPSA) is 102 Å². The van der Waals surface area contributed by atoms with Crippen LogP contribution in [-0.4, -0.2) is 30.6 Å². The van der Waals surface area contributed by atoms with Crippen LogP contribution in [0.4, 0.5) is 0 Å². The standard InChI is InChI=1S/C18H22N2O6/c1-4-6-7-16(21)26-11-14-17(18(22)25-5-2)20(23)15-10-12(24-3)8-9-13(15)19-14/h8-10H,4-7,11H2,1-3H3. The summed E-state index contributed by atoms with van der Waals surface area (Å²) in [6, 6.07) is 4.73. The van der Waals surface area contributed by atoms with Gasteiger partial charge in [-0.1, -0.05) is 13.3 Å². The number of carbonyl (C=O) groups excluding carboxylic acids is 2. The molecule has 1 heterocycles. The summed E-state index contributed by atoms with van der Waals surface area (Å²) in [4.78, 5) is 28.3. The van der Waals surface area contributed by atoms with Crippen molar-refractivity contribution < 1.29 is 28.5 Å². The Morgan fingerprint density at radius 2 is 2.00 bits per heavy atom. The van der Waals surface area contributed by atoms with Crippen molar-refractivity contribution in [1.82, 2.24) is 4.98 Å². The SMILES string of the molecule is CCCCC(=O)OCc1nc2ccc(OC)cc2[n+]([O-])c1C(=O)OCC. The average molecular weight is 362 g/mol. The summed E-state index contributed by atoms with van der Waals surface area (Å²) in [5.74, 6) is -0.771. The minimum absolute atomic E-state index is 0.0564. The number of benzene rings is 1. The number of nitrogens with zero attached hydrogens (tertiary/aromatic N) is 2. The second-order valence-electron chi connectivity index (χ2n) is 5.54. The summed E-state index contributed by atoms with van der Waals surface area (Å²) in [7, 11) is 1.47. The maximum absolute atomic E-state index is 12.7. The number of methoxy groups -OCH3 is 1. The highest BCUT2D eigenvalue weighted by atomic mass is 16.5. The van der Waals surface area contributed by atoms with Crippen LogP contribution in [0.15, 0.2) is 18.2 Å². The quantitative estimate of drug-likeness (QED) is 0.403. The van der Waals surface area contributed by atoms with E-state index < -0.39 is 11.9 Å². The van der Waals surface area contributed by atoms with E-state index >= 15 is 0 Å². The highest BCUT2D eigenvalue weighted by Crippen LogP contribution is 2.19. The van der Waals surface area contributed by atoms with Gasteiger partial charge in [0.15, 0.2) is 5.69 Å². The van der Waals surface area contributed by atoms with Crippen LogP contribution in [0.25, 0.3) is 11.0 Å². The highest BCUT2D eigenvalue weighted by Gasteiger charge is 2.28. The van der Waals surface area contributed by atoms with Crippen molar-refractivity contribution in [2.45, 2.75) is 39.7 Å². The van der Waals surface area contributed by atoms with Crippen molar-refractivity contribution in [1.29, 1.82) is 0 Å². The summed E-state index contributed by atoms with van der Waals surface area (Å²) in [5, 5.41) is 12.7. The maximum Gasteiger partial charge on any atom is 0.407 e. The number of carbonyl (C=O) groups is 2. The number of fused-ring (bicyclic) bond motifs is 1. The van der Waals surface area contributed by atoms with Crippen LogP contribution < -0.4 is 9.47 Å². The van der Waals surface area contributed by atoms with Crippen LogP contribution in [0, 0.1) is 5.21 Å². The zero-order chi connectivity index (χ0) is 19.1. The van der Waals surface area contributed by atoms with Gasteiger partial charge in [-0.3, -0.25) is 4.79 Å². The molecular weight excluding hydrogens is 340 g/mol. The van der Waals surface area contributed by atoms with Crippen molar-refractivity contribution in [3.05, 3.63) is 34.8 Å². The molecule has 8 heteroatoms. The Hall–Kier alpha value is -2.90. The molecule has 0 radical (unpaired) electrons. The molecule has 0 fully saturated rings. The van der Waals surface area contributed by atoms with E-state index in [1.54, 1.807) is 19.1 Å². The van der Waals surface area contributed by atoms with E-state index in [1.165, 1.54) is 13.2 Å². The summed E-state index contributed by atoms with van der Waals surface area (Å²) in [6.07, 6.45) is 1.84. The number of esters is 2. The highest BCUT2D eigenvalue weighted by molar-refractivity contribution is 5.88. The van der Waals surface area contributed by atoms with E-state index in [1.807, 2.05) is 6.92 Å². The molecule has 1 aromatic heterocycles. The molecule has 0 saturated heterocycles. The summed E-state index contributed by atoms with van der Waals surface area (Å²) >= 11 is 0. The van der Waals surface area contributed by atoms with Crippen molar-refractivity contribution in [2.75, 3.05) is 13.7 Å². The first-order valence-electron chi connectivity index (χ1n) is 8.44. The third-order valence-electron chi connectivity index (χ3n) is 3.71. The van der Waals surface area contributed by atoms with Gasteiger partial charge < -0.3 is 19.4 Å². The molecule has 0 bridgehead atoms. The number of ether oxygens (including phenoxy) is 3. The average Bonchev–Trinajstić information content (AvgIpc) is 2.64. The predicted molar refractivity (Wildman–Crippen MR) is 92.5 cm³/mol. The van der Waals surface area contributed by atoms with Crippen molar-refractivity contribution in [2.24, 2.45) is 0 Å². The predicted octanol–water partition coefficient (Wildman–Crippen LogP) is 2.29. The minimum atomic E-state index is -0.820. The Morgan fingerprint density at radius 1 is 1.23 bits per heavy atom. The molecule has 0 saturated carbocycles. The Labute approximate surface area is 151 Å². The van der Waals surface area contributed by atoms with Gasteiger partial charge in [-0.15, -0.1) is 0 Å². The molecular formula is C18H22N2O6. The fourth-order valence-corrected chi connectivity index (χ4v) is 2.37. The number of aromatic nitrogens is 2. The van der Waals surface area contributed by atoms with Gasteiger partial charge >= 0.3 is 17.6 Å². The first-order valence-corrected chi connectivity index (χ1v) is 8.44. The van der Waals surface area contributed by atoms with Gasteiger partial charge in [0.1, 0.15) is 17.9 Å². The molecule has 0 aliphatic carbocycles. The van der Waals surface area contributed by atoms with Crippen molar-refractivity contribution in [3.8, 4) is 5.75 Å². The fraction of sp³-hybridized carbons (Fsp3) is 0.444. The molecule has 0 aliphatic rings. The molecule has 1 aromatic carbocycles. The normalized spacial score (nSPS) is 10.6. The lowest BCUT2D eigenvalue weighted by atomic mass is 10.2. The summed E-state index contributed by atoms with van der Waals surface area (Å²) in [5.41, 5.74) is 0.277. The van der Waals surface area contributed by atoms with Crippen LogP contribution in [0.5, 0.6) is 5.75 Å².